The van der Waals surface area contributed by atoms with Gasteiger partial charge in [0.25, 0.3) is 0 Å². The van der Waals surface area contributed by atoms with Crippen molar-refractivity contribution < 1.29 is 9.53 Å². The van der Waals surface area contributed by atoms with Crippen LogP contribution in [0.1, 0.15) is 52.0 Å². The summed E-state index contributed by atoms with van der Waals surface area (Å²) in [5.41, 5.74) is 1.79. The molecule has 1 aromatic rings. The predicted molar refractivity (Wildman–Crippen MR) is 73.0 cm³/mol. The van der Waals surface area contributed by atoms with E-state index < -0.39 is 5.60 Å². The third-order valence-electron chi connectivity index (χ3n) is 3.15. The van der Waals surface area contributed by atoms with Crippen LogP contribution in [-0.4, -0.2) is 32.7 Å². The second-order valence-electron chi connectivity index (χ2n) is 6.29. The zero-order valence-electron chi connectivity index (χ0n) is 12.4. The minimum absolute atomic E-state index is 0.241. The SMILES string of the molecule is CC(C)n1cnc2c1CN(C(=O)OC(C)(C)C)CC2. The maximum Gasteiger partial charge on any atom is 0.410 e. The fourth-order valence-corrected chi connectivity index (χ4v) is 2.23. The Morgan fingerprint density at radius 1 is 1.42 bits per heavy atom. The van der Waals surface area contributed by atoms with Gasteiger partial charge in [0.15, 0.2) is 0 Å². The Balaban J connectivity index is 2.13. The van der Waals surface area contributed by atoms with Crippen molar-refractivity contribution in [1.29, 1.82) is 0 Å². The number of aromatic nitrogens is 2. The van der Waals surface area contributed by atoms with Crippen molar-refractivity contribution in [1.82, 2.24) is 14.5 Å². The first-order valence-electron chi connectivity index (χ1n) is 6.80. The van der Waals surface area contributed by atoms with E-state index in [9.17, 15) is 4.79 Å². The molecule has 0 fully saturated rings. The highest BCUT2D eigenvalue weighted by Gasteiger charge is 2.28. The van der Waals surface area contributed by atoms with Crippen LogP contribution in [0, 0.1) is 0 Å². The van der Waals surface area contributed by atoms with E-state index in [4.69, 9.17) is 4.74 Å². The van der Waals surface area contributed by atoms with E-state index >= 15 is 0 Å². The summed E-state index contributed by atoms with van der Waals surface area (Å²) in [6, 6.07) is 0.356. The van der Waals surface area contributed by atoms with Gasteiger partial charge in [0.1, 0.15) is 5.60 Å². The van der Waals surface area contributed by atoms with Crippen molar-refractivity contribution >= 4 is 6.09 Å². The summed E-state index contributed by atoms with van der Waals surface area (Å²) in [4.78, 5) is 18.3. The number of fused-ring (bicyclic) bond motifs is 1. The maximum absolute atomic E-state index is 12.1. The Hall–Kier alpha value is -1.52. The summed E-state index contributed by atoms with van der Waals surface area (Å²) < 4.78 is 7.56. The first kappa shape index (κ1) is 13.9. The van der Waals surface area contributed by atoms with Crippen LogP contribution < -0.4 is 0 Å². The second kappa shape index (κ2) is 4.87. The fraction of sp³-hybridized carbons (Fsp3) is 0.714. The molecule has 5 nitrogen and oxygen atoms in total. The molecule has 0 N–H and O–H groups in total. The molecule has 106 valence electrons. The van der Waals surface area contributed by atoms with E-state index in [0.717, 1.165) is 17.8 Å². The first-order chi connectivity index (χ1) is 8.78. The third kappa shape index (κ3) is 3.08. The van der Waals surface area contributed by atoms with Crippen LogP contribution >= 0.6 is 0 Å². The van der Waals surface area contributed by atoms with Gasteiger partial charge >= 0.3 is 6.09 Å². The largest absolute Gasteiger partial charge is 0.444 e. The van der Waals surface area contributed by atoms with Gasteiger partial charge in [-0.1, -0.05) is 0 Å². The molecule has 2 rings (SSSR count). The summed E-state index contributed by atoms with van der Waals surface area (Å²) in [6.07, 6.45) is 2.43. The van der Waals surface area contributed by atoms with Crippen LogP contribution in [0.5, 0.6) is 0 Å². The van der Waals surface area contributed by atoms with Gasteiger partial charge in [-0.15, -0.1) is 0 Å². The number of hydrogen-bond donors (Lipinski definition) is 0. The zero-order valence-corrected chi connectivity index (χ0v) is 12.4. The molecule has 0 saturated carbocycles. The zero-order chi connectivity index (χ0) is 14.2. The summed E-state index contributed by atoms with van der Waals surface area (Å²) >= 11 is 0. The van der Waals surface area contributed by atoms with Gasteiger partial charge in [-0.2, -0.15) is 0 Å². The molecule has 0 saturated heterocycles. The lowest BCUT2D eigenvalue weighted by molar-refractivity contribution is 0.0218. The first-order valence-corrected chi connectivity index (χ1v) is 6.80. The predicted octanol–water partition coefficient (Wildman–Crippen LogP) is 2.76. The molecular formula is C14H23N3O2. The molecule has 0 atom stereocenters. The van der Waals surface area contributed by atoms with Gasteiger partial charge in [0.05, 0.1) is 24.3 Å². The topological polar surface area (TPSA) is 47.4 Å². The molecule has 0 radical (unpaired) electrons. The van der Waals surface area contributed by atoms with E-state index in [0.29, 0.717) is 19.1 Å². The fourth-order valence-electron chi connectivity index (χ4n) is 2.23. The number of carbonyl (C=O) groups excluding carboxylic acids is 1. The highest BCUT2D eigenvalue weighted by atomic mass is 16.6. The van der Waals surface area contributed by atoms with E-state index in [-0.39, 0.29) is 6.09 Å². The Bertz CT molecular complexity index is 472. The highest BCUT2D eigenvalue weighted by Crippen LogP contribution is 2.22. The van der Waals surface area contributed by atoms with Crippen LogP contribution in [0.15, 0.2) is 6.33 Å². The Morgan fingerprint density at radius 3 is 2.68 bits per heavy atom. The number of amides is 1. The van der Waals surface area contributed by atoms with Crippen molar-refractivity contribution in [2.45, 2.75) is 59.2 Å². The van der Waals surface area contributed by atoms with Crippen LogP contribution in [0.4, 0.5) is 4.79 Å². The van der Waals surface area contributed by atoms with Gasteiger partial charge in [-0.3, -0.25) is 0 Å². The molecule has 0 bridgehead atoms. The molecule has 1 aromatic heterocycles. The van der Waals surface area contributed by atoms with Gasteiger partial charge in [0.2, 0.25) is 0 Å². The molecule has 1 aliphatic heterocycles. The van der Waals surface area contributed by atoms with Crippen LogP contribution in [0.25, 0.3) is 0 Å². The quantitative estimate of drug-likeness (QED) is 0.784. The summed E-state index contributed by atoms with van der Waals surface area (Å²) in [5.74, 6) is 0. The summed E-state index contributed by atoms with van der Waals surface area (Å²) in [5, 5.41) is 0. The normalized spacial score (nSPS) is 15.6. The van der Waals surface area contributed by atoms with Crippen LogP contribution in [0.3, 0.4) is 0 Å². The van der Waals surface area contributed by atoms with Gasteiger partial charge < -0.3 is 14.2 Å². The summed E-state index contributed by atoms with van der Waals surface area (Å²) in [6.45, 7) is 11.2. The Labute approximate surface area is 114 Å². The van der Waals surface area contributed by atoms with Gasteiger partial charge in [-0.05, 0) is 34.6 Å². The smallest absolute Gasteiger partial charge is 0.410 e. The van der Waals surface area contributed by atoms with Crippen molar-refractivity contribution in [3.05, 3.63) is 17.7 Å². The molecule has 19 heavy (non-hydrogen) atoms. The maximum atomic E-state index is 12.1. The molecule has 0 unspecified atom stereocenters. The lowest BCUT2D eigenvalue weighted by atomic mass is 10.1. The lowest BCUT2D eigenvalue weighted by Crippen LogP contribution is -2.40. The number of hydrogen-bond acceptors (Lipinski definition) is 3. The highest BCUT2D eigenvalue weighted by molar-refractivity contribution is 5.68. The number of carbonyl (C=O) groups is 1. The van der Waals surface area contributed by atoms with E-state index in [1.165, 1.54) is 0 Å². The van der Waals surface area contributed by atoms with Crippen LogP contribution in [0.2, 0.25) is 0 Å². The molecule has 0 aromatic carbocycles. The van der Waals surface area contributed by atoms with Crippen molar-refractivity contribution in [2.24, 2.45) is 0 Å². The second-order valence-corrected chi connectivity index (χ2v) is 6.29. The molecular weight excluding hydrogens is 242 g/mol. The standard InChI is InChI=1S/C14H23N3O2/c1-10(2)17-9-15-11-6-7-16(8-12(11)17)13(18)19-14(3,4)5/h9-10H,6-8H2,1-5H3. The number of nitrogens with zero attached hydrogens (tertiary/aromatic N) is 3. The van der Waals surface area contributed by atoms with Crippen molar-refractivity contribution in [3.63, 3.8) is 0 Å². The molecule has 0 spiro atoms. The van der Waals surface area contributed by atoms with Crippen molar-refractivity contribution in [2.75, 3.05) is 6.54 Å². The minimum Gasteiger partial charge on any atom is -0.444 e. The minimum atomic E-state index is -0.449. The average molecular weight is 265 g/mol. The lowest BCUT2D eigenvalue weighted by Gasteiger charge is -2.30. The van der Waals surface area contributed by atoms with Crippen LogP contribution in [-0.2, 0) is 17.7 Å². The third-order valence-corrected chi connectivity index (χ3v) is 3.15. The Morgan fingerprint density at radius 2 is 2.11 bits per heavy atom. The van der Waals surface area contributed by atoms with Gasteiger partial charge in [0, 0.05) is 19.0 Å². The molecule has 0 aliphatic carbocycles. The number of imidazole rings is 1. The van der Waals surface area contributed by atoms with E-state index in [2.05, 4.69) is 23.4 Å². The van der Waals surface area contributed by atoms with E-state index in [1.807, 2.05) is 27.1 Å². The number of ether oxygens (including phenoxy) is 1. The average Bonchev–Trinajstić information content (AvgIpc) is 2.68. The van der Waals surface area contributed by atoms with E-state index in [1.54, 1.807) is 4.90 Å². The monoisotopic (exact) mass is 265 g/mol. The van der Waals surface area contributed by atoms with Gasteiger partial charge in [-0.25, -0.2) is 9.78 Å². The molecule has 5 heteroatoms. The Kier molecular flexibility index (Phi) is 3.56. The summed E-state index contributed by atoms with van der Waals surface area (Å²) in [7, 11) is 0. The van der Waals surface area contributed by atoms with Crippen molar-refractivity contribution in [3.8, 4) is 0 Å². The molecule has 1 amide bonds. The number of rotatable bonds is 1. The molecule has 2 heterocycles. The molecule has 1 aliphatic rings.